The summed E-state index contributed by atoms with van der Waals surface area (Å²) in [6.07, 6.45) is -4.46. The van der Waals surface area contributed by atoms with Crippen molar-refractivity contribution in [2.24, 2.45) is 5.73 Å². The lowest BCUT2D eigenvalue weighted by Gasteiger charge is -2.17. The molecule has 2 N–H and O–H groups in total. The smallest absolute Gasteiger partial charge is 0.407 e. The quantitative estimate of drug-likeness (QED) is 0.906. The van der Waals surface area contributed by atoms with E-state index in [1.165, 1.54) is 19.2 Å². The molecule has 0 bridgehead atoms. The van der Waals surface area contributed by atoms with Crippen LogP contribution in [0.4, 0.5) is 13.2 Å². The van der Waals surface area contributed by atoms with Crippen LogP contribution in [0.15, 0.2) is 22.7 Å². The summed E-state index contributed by atoms with van der Waals surface area (Å²) in [5.74, 6) is 0.341. The van der Waals surface area contributed by atoms with E-state index >= 15 is 0 Å². The molecule has 2 nitrogen and oxygen atoms in total. The zero-order chi connectivity index (χ0) is 11.6. The molecule has 0 aliphatic heterocycles. The topological polar surface area (TPSA) is 35.2 Å². The number of hydrogen-bond acceptors (Lipinski definition) is 2. The Morgan fingerprint density at radius 2 is 2.00 bits per heavy atom. The molecule has 0 amide bonds. The Kier molecular flexibility index (Phi) is 3.62. The van der Waals surface area contributed by atoms with Gasteiger partial charge in [-0.1, -0.05) is 15.9 Å². The monoisotopic (exact) mass is 283 g/mol. The molecular weight excluding hydrogens is 275 g/mol. The maximum absolute atomic E-state index is 12.4. The zero-order valence-electron chi connectivity index (χ0n) is 7.81. The SMILES string of the molecule is COc1ccc(Br)c([C@H](N)C(F)(F)F)c1. The van der Waals surface area contributed by atoms with Crippen molar-refractivity contribution in [1.29, 1.82) is 0 Å². The van der Waals surface area contributed by atoms with Gasteiger partial charge in [-0.3, -0.25) is 0 Å². The summed E-state index contributed by atoms with van der Waals surface area (Å²) in [6.45, 7) is 0. The van der Waals surface area contributed by atoms with Gasteiger partial charge in [-0.2, -0.15) is 13.2 Å². The van der Waals surface area contributed by atoms with Gasteiger partial charge in [0, 0.05) is 4.47 Å². The number of benzene rings is 1. The van der Waals surface area contributed by atoms with Crippen molar-refractivity contribution in [3.8, 4) is 5.75 Å². The van der Waals surface area contributed by atoms with E-state index < -0.39 is 12.2 Å². The van der Waals surface area contributed by atoms with Crippen LogP contribution in [-0.2, 0) is 0 Å². The molecule has 0 saturated heterocycles. The van der Waals surface area contributed by atoms with Gasteiger partial charge in [-0.15, -0.1) is 0 Å². The van der Waals surface area contributed by atoms with E-state index in [9.17, 15) is 13.2 Å². The van der Waals surface area contributed by atoms with E-state index in [1.807, 2.05) is 0 Å². The van der Waals surface area contributed by atoms with Gasteiger partial charge < -0.3 is 10.5 Å². The molecule has 0 unspecified atom stereocenters. The van der Waals surface area contributed by atoms with Gasteiger partial charge in [0.25, 0.3) is 0 Å². The second kappa shape index (κ2) is 4.40. The van der Waals surface area contributed by atoms with Crippen LogP contribution in [-0.4, -0.2) is 13.3 Å². The van der Waals surface area contributed by atoms with Crippen molar-refractivity contribution in [3.63, 3.8) is 0 Å². The van der Waals surface area contributed by atoms with Crippen molar-refractivity contribution in [1.82, 2.24) is 0 Å². The number of ether oxygens (including phenoxy) is 1. The highest BCUT2D eigenvalue weighted by Gasteiger charge is 2.38. The van der Waals surface area contributed by atoms with Crippen molar-refractivity contribution in [2.45, 2.75) is 12.2 Å². The largest absolute Gasteiger partial charge is 0.497 e. The predicted octanol–water partition coefficient (Wildman–Crippen LogP) is 3.02. The molecule has 0 heterocycles. The Bertz CT molecular complexity index is 354. The minimum absolute atomic E-state index is 0.0400. The molecule has 0 fully saturated rings. The average molecular weight is 284 g/mol. The molecule has 0 aliphatic rings. The Labute approximate surface area is 93.3 Å². The number of methoxy groups -OCH3 is 1. The summed E-state index contributed by atoms with van der Waals surface area (Å²) in [5, 5.41) is 0. The summed E-state index contributed by atoms with van der Waals surface area (Å²) in [5.41, 5.74) is 5.05. The molecule has 0 aliphatic carbocycles. The van der Waals surface area contributed by atoms with Crippen LogP contribution in [0.2, 0.25) is 0 Å². The van der Waals surface area contributed by atoms with E-state index in [1.54, 1.807) is 6.07 Å². The molecule has 1 aromatic rings. The Hall–Kier alpha value is -0.750. The van der Waals surface area contributed by atoms with Gasteiger partial charge in [-0.25, -0.2) is 0 Å². The van der Waals surface area contributed by atoms with Crippen LogP contribution in [0.25, 0.3) is 0 Å². The molecule has 15 heavy (non-hydrogen) atoms. The first-order chi connectivity index (χ1) is 6.86. The van der Waals surface area contributed by atoms with Crippen LogP contribution in [0.5, 0.6) is 5.75 Å². The predicted molar refractivity (Wildman–Crippen MR) is 53.7 cm³/mol. The molecule has 84 valence electrons. The molecule has 1 rings (SSSR count). The van der Waals surface area contributed by atoms with Crippen molar-refractivity contribution in [3.05, 3.63) is 28.2 Å². The van der Waals surface area contributed by atoms with E-state index in [4.69, 9.17) is 10.5 Å². The van der Waals surface area contributed by atoms with E-state index in [-0.39, 0.29) is 5.56 Å². The lowest BCUT2D eigenvalue weighted by molar-refractivity contribution is -0.149. The third-order valence-corrected chi connectivity index (χ3v) is 2.61. The number of rotatable bonds is 2. The number of halogens is 4. The highest BCUT2D eigenvalue weighted by molar-refractivity contribution is 9.10. The minimum atomic E-state index is -4.46. The fourth-order valence-electron chi connectivity index (χ4n) is 1.06. The molecule has 1 atom stereocenters. The molecule has 0 spiro atoms. The fraction of sp³-hybridized carbons (Fsp3) is 0.333. The first-order valence-corrected chi connectivity index (χ1v) is 4.81. The van der Waals surface area contributed by atoms with Gasteiger partial charge in [0.05, 0.1) is 7.11 Å². The summed E-state index contributed by atoms with van der Waals surface area (Å²) >= 11 is 3.02. The normalized spacial score (nSPS) is 13.7. The van der Waals surface area contributed by atoms with Crippen LogP contribution in [0.1, 0.15) is 11.6 Å². The van der Waals surface area contributed by atoms with E-state index in [2.05, 4.69) is 15.9 Å². The van der Waals surface area contributed by atoms with Crippen LogP contribution in [0.3, 0.4) is 0 Å². The third kappa shape index (κ3) is 2.85. The van der Waals surface area contributed by atoms with Crippen LogP contribution >= 0.6 is 15.9 Å². The standard InChI is InChI=1S/C9H9BrF3NO/c1-15-5-2-3-7(10)6(4-5)8(14)9(11,12)13/h2-4,8H,14H2,1H3/t8-/m0/s1. The molecular formula is C9H9BrF3NO. The zero-order valence-corrected chi connectivity index (χ0v) is 9.39. The first kappa shape index (κ1) is 12.3. The Balaban J connectivity index is 3.12. The Morgan fingerprint density at radius 3 is 2.47 bits per heavy atom. The van der Waals surface area contributed by atoms with Crippen molar-refractivity contribution < 1.29 is 17.9 Å². The number of nitrogens with two attached hydrogens (primary N) is 1. The van der Waals surface area contributed by atoms with Crippen LogP contribution in [0, 0.1) is 0 Å². The molecule has 0 saturated carbocycles. The van der Waals surface area contributed by atoms with Gasteiger partial charge >= 0.3 is 6.18 Å². The van der Waals surface area contributed by atoms with Gasteiger partial charge in [0.15, 0.2) is 0 Å². The summed E-state index contributed by atoms with van der Waals surface area (Å²) < 4.78 is 42.2. The lowest BCUT2D eigenvalue weighted by Crippen LogP contribution is -2.28. The second-order valence-electron chi connectivity index (χ2n) is 2.91. The highest BCUT2D eigenvalue weighted by atomic mass is 79.9. The molecule has 0 aromatic heterocycles. The first-order valence-electron chi connectivity index (χ1n) is 4.02. The Morgan fingerprint density at radius 1 is 1.40 bits per heavy atom. The maximum atomic E-state index is 12.4. The molecule has 1 aromatic carbocycles. The summed E-state index contributed by atoms with van der Waals surface area (Å²) in [6, 6.07) is 2.28. The van der Waals surface area contributed by atoms with Gasteiger partial charge in [0.2, 0.25) is 0 Å². The van der Waals surface area contributed by atoms with E-state index in [0.29, 0.717) is 10.2 Å². The number of hydrogen-bond donors (Lipinski definition) is 1. The second-order valence-corrected chi connectivity index (χ2v) is 3.76. The minimum Gasteiger partial charge on any atom is -0.497 e. The summed E-state index contributed by atoms with van der Waals surface area (Å²) in [7, 11) is 1.38. The molecule has 0 radical (unpaired) electrons. The fourth-order valence-corrected chi connectivity index (χ4v) is 1.56. The van der Waals surface area contributed by atoms with Crippen molar-refractivity contribution in [2.75, 3.05) is 7.11 Å². The van der Waals surface area contributed by atoms with Crippen molar-refractivity contribution >= 4 is 15.9 Å². The van der Waals surface area contributed by atoms with Crippen LogP contribution < -0.4 is 10.5 Å². The third-order valence-electron chi connectivity index (χ3n) is 1.89. The lowest BCUT2D eigenvalue weighted by atomic mass is 10.1. The average Bonchev–Trinajstić information content (AvgIpc) is 2.16. The maximum Gasteiger partial charge on any atom is 0.407 e. The highest BCUT2D eigenvalue weighted by Crippen LogP contribution is 2.35. The molecule has 6 heteroatoms. The van der Waals surface area contributed by atoms with Gasteiger partial charge in [-0.05, 0) is 23.8 Å². The van der Waals surface area contributed by atoms with E-state index in [0.717, 1.165) is 0 Å². The summed E-state index contributed by atoms with van der Waals surface area (Å²) in [4.78, 5) is 0. The van der Waals surface area contributed by atoms with Gasteiger partial charge in [0.1, 0.15) is 11.8 Å². The number of alkyl halides is 3.